The summed E-state index contributed by atoms with van der Waals surface area (Å²) in [7, 11) is 1.20. The second kappa shape index (κ2) is 7.88. The Hall–Kier alpha value is -2.76. The van der Waals surface area contributed by atoms with Crippen LogP contribution in [0.4, 0.5) is 8.78 Å². The van der Waals surface area contributed by atoms with Crippen LogP contribution < -0.4 is 5.32 Å². The second-order valence-corrected chi connectivity index (χ2v) is 5.73. The normalized spacial score (nSPS) is 11.7. The van der Waals surface area contributed by atoms with Crippen LogP contribution in [0, 0.1) is 25.5 Å². The summed E-state index contributed by atoms with van der Waals surface area (Å²) in [6.45, 7) is 3.79. The third-order valence-corrected chi connectivity index (χ3v) is 4.04. The van der Waals surface area contributed by atoms with Crippen molar-refractivity contribution in [1.29, 1.82) is 0 Å². The molecule has 0 aliphatic heterocycles. The van der Waals surface area contributed by atoms with E-state index in [-0.39, 0.29) is 6.42 Å². The monoisotopic (exact) mass is 347 g/mol. The van der Waals surface area contributed by atoms with E-state index in [1.165, 1.54) is 13.2 Å². The smallest absolute Gasteiger partial charge is 0.328 e. The maximum Gasteiger partial charge on any atom is 0.328 e. The molecule has 0 fully saturated rings. The quantitative estimate of drug-likeness (QED) is 0.846. The fourth-order valence-electron chi connectivity index (χ4n) is 2.63. The Morgan fingerprint density at radius 1 is 1.08 bits per heavy atom. The first kappa shape index (κ1) is 18.6. The molecule has 0 spiro atoms. The van der Waals surface area contributed by atoms with E-state index in [1.54, 1.807) is 0 Å². The number of carbonyl (C=O) groups excluding carboxylic acids is 2. The van der Waals surface area contributed by atoms with E-state index < -0.39 is 35.1 Å². The highest BCUT2D eigenvalue weighted by Gasteiger charge is 2.25. The molecule has 1 amide bonds. The molecule has 0 heterocycles. The van der Waals surface area contributed by atoms with E-state index in [1.807, 2.05) is 32.0 Å². The van der Waals surface area contributed by atoms with E-state index in [0.717, 1.165) is 28.8 Å². The van der Waals surface area contributed by atoms with Crippen LogP contribution in [0.5, 0.6) is 0 Å². The van der Waals surface area contributed by atoms with Crippen LogP contribution >= 0.6 is 0 Å². The predicted octanol–water partition coefficient (Wildman–Crippen LogP) is 3.10. The van der Waals surface area contributed by atoms with Crippen molar-refractivity contribution in [3.05, 3.63) is 70.3 Å². The van der Waals surface area contributed by atoms with E-state index in [2.05, 4.69) is 5.32 Å². The highest BCUT2D eigenvalue weighted by atomic mass is 19.2. The molecule has 0 saturated heterocycles. The number of benzene rings is 2. The van der Waals surface area contributed by atoms with Gasteiger partial charge in [-0.1, -0.05) is 24.3 Å². The lowest BCUT2D eigenvalue weighted by molar-refractivity contribution is -0.142. The number of aryl methyl sites for hydroxylation is 2. The molecule has 0 unspecified atom stereocenters. The number of methoxy groups -OCH3 is 1. The molecule has 4 nitrogen and oxygen atoms in total. The van der Waals surface area contributed by atoms with Gasteiger partial charge in [0.05, 0.1) is 12.7 Å². The third-order valence-electron chi connectivity index (χ3n) is 4.04. The number of carbonyl (C=O) groups is 2. The van der Waals surface area contributed by atoms with Gasteiger partial charge in [0.25, 0.3) is 5.91 Å². The zero-order chi connectivity index (χ0) is 18.6. The highest BCUT2D eigenvalue weighted by molar-refractivity contribution is 5.97. The lowest BCUT2D eigenvalue weighted by Crippen LogP contribution is -2.43. The summed E-state index contributed by atoms with van der Waals surface area (Å²) in [5.74, 6) is -3.92. The van der Waals surface area contributed by atoms with Gasteiger partial charge in [-0.25, -0.2) is 13.6 Å². The Morgan fingerprint density at radius 2 is 1.68 bits per heavy atom. The van der Waals surface area contributed by atoms with Crippen molar-refractivity contribution in [3.8, 4) is 0 Å². The Morgan fingerprint density at radius 3 is 2.28 bits per heavy atom. The summed E-state index contributed by atoms with van der Waals surface area (Å²) < 4.78 is 31.8. The standard InChI is InChI=1S/C19H19F2NO3/c1-11-6-4-7-12(2)14(11)10-16(19(24)25-3)22-18(23)13-8-5-9-15(20)17(13)21/h4-9,16H,10H2,1-3H3,(H,22,23)/t16-/m1/s1. The number of rotatable bonds is 5. The number of ether oxygens (including phenoxy) is 1. The summed E-state index contributed by atoms with van der Waals surface area (Å²) in [5.41, 5.74) is 2.34. The van der Waals surface area contributed by atoms with Crippen molar-refractivity contribution in [2.45, 2.75) is 26.3 Å². The van der Waals surface area contributed by atoms with Gasteiger partial charge in [-0.05, 0) is 42.7 Å². The predicted molar refractivity (Wildman–Crippen MR) is 89.2 cm³/mol. The number of nitrogens with one attached hydrogen (secondary N) is 1. The Bertz CT molecular complexity index is 785. The third kappa shape index (κ3) is 4.21. The maximum absolute atomic E-state index is 13.8. The molecule has 1 N–H and O–H groups in total. The topological polar surface area (TPSA) is 55.4 Å². The van der Waals surface area contributed by atoms with Crippen molar-refractivity contribution in [3.63, 3.8) is 0 Å². The average Bonchev–Trinajstić information content (AvgIpc) is 2.58. The molecular formula is C19H19F2NO3. The fraction of sp³-hybridized carbons (Fsp3) is 0.263. The first-order chi connectivity index (χ1) is 11.8. The molecule has 0 radical (unpaired) electrons. The molecule has 25 heavy (non-hydrogen) atoms. The molecule has 1 atom stereocenters. The summed E-state index contributed by atoms with van der Waals surface area (Å²) >= 11 is 0. The molecule has 0 saturated carbocycles. The molecule has 0 aromatic heterocycles. The lowest BCUT2D eigenvalue weighted by atomic mass is 9.96. The highest BCUT2D eigenvalue weighted by Crippen LogP contribution is 2.17. The minimum absolute atomic E-state index is 0.188. The summed E-state index contributed by atoms with van der Waals surface area (Å²) in [6, 6.07) is 7.96. The van der Waals surface area contributed by atoms with Gasteiger partial charge in [-0.15, -0.1) is 0 Å². The van der Waals surface area contributed by atoms with E-state index >= 15 is 0 Å². The molecular weight excluding hydrogens is 328 g/mol. The van der Waals surface area contributed by atoms with Crippen molar-refractivity contribution in [2.24, 2.45) is 0 Å². The molecule has 0 aliphatic rings. The van der Waals surface area contributed by atoms with Gasteiger partial charge >= 0.3 is 5.97 Å². The van der Waals surface area contributed by atoms with Gasteiger partial charge < -0.3 is 10.1 Å². The van der Waals surface area contributed by atoms with Gasteiger partial charge in [0.15, 0.2) is 11.6 Å². The number of hydrogen-bond donors (Lipinski definition) is 1. The summed E-state index contributed by atoms with van der Waals surface area (Å²) in [6.07, 6.45) is 0.188. The fourth-order valence-corrected chi connectivity index (χ4v) is 2.63. The molecule has 132 valence electrons. The van der Waals surface area contributed by atoms with Gasteiger partial charge in [0.1, 0.15) is 6.04 Å². The van der Waals surface area contributed by atoms with Gasteiger partial charge in [-0.3, -0.25) is 4.79 Å². The first-order valence-corrected chi connectivity index (χ1v) is 7.73. The van der Waals surface area contributed by atoms with Crippen LogP contribution in [-0.2, 0) is 16.0 Å². The average molecular weight is 347 g/mol. The SMILES string of the molecule is COC(=O)[C@@H](Cc1c(C)cccc1C)NC(=O)c1cccc(F)c1F. The summed E-state index contributed by atoms with van der Waals surface area (Å²) in [4.78, 5) is 24.3. The Labute approximate surface area is 144 Å². The first-order valence-electron chi connectivity index (χ1n) is 7.73. The van der Waals surface area contributed by atoms with Gasteiger partial charge in [0, 0.05) is 6.42 Å². The van der Waals surface area contributed by atoms with Crippen LogP contribution in [0.25, 0.3) is 0 Å². The lowest BCUT2D eigenvalue weighted by Gasteiger charge is -2.19. The maximum atomic E-state index is 13.8. The zero-order valence-electron chi connectivity index (χ0n) is 14.2. The van der Waals surface area contributed by atoms with Crippen molar-refractivity contribution < 1.29 is 23.1 Å². The summed E-state index contributed by atoms with van der Waals surface area (Å²) in [5, 5.41) is 2.43. The van der Waals surface area contributed by atoms with Gasteiger partial charge in [0.2, 0.25) is 0 Å². The van der Waals surface area contributed by atoms with Crippen LogP contribution in [0.15, 0.2) is 36.4 Å². The minimum atomic E-state index is -1.25. The number of hydrogen-bond acceptors (Lipinski definition) is 3. The van der Waals surface area contributed by atoms with Gasteiger partial charge in [-0.2, -0.15) is 0 Å². The van der Waals surface area contributed by atoms with Crippen molar-refractivity contribution in [2.75, 3.05) is 7.11 Å². The molecule has 2 aromatic rings. The van der Waals surface area contributed by atoms with Crippen LogP contribution in [0.3, 0.4) is 0 Å². The Balaban J connectivity index is 2.28. The molecule has 2 rings (SSSR count). The number of halogens is 2. The zero-order valence-corrected chi connectivity index (χ0v) is 14.2. The largest absolute Gasteiger partial charge is 0.467 e. The van der Waals surface area contributed by atoms with E-state index in [9.17, 15) is 18.4 Å². The van der Waals surface area contributed by atoms with Crippen molar-refractivity contribution >= 4 is 11.9 Å². The number of esters is 1. The van der Waals surface area contributed by atoms with E-state index in [4.69, 9.17) is 4.74 Å². The van der Waals surface area contributed by atoms with E-state index in [0.29, 0.717) is 0 Å². The Kier molecular flexibility index (Phi) is 5.85. The van der Waals surface area contributed by atoms with Crippen molar-refractivity contribution in [1.82, 2.24) is 5.32 Å². The van der Waals surface area contributed by atoms with Crippen LogP contribution in [0.2, 0.25) is 0 Å². The molecule has 2 aromatic carbocycles. The molecule has 0 aliphatic carbocycles. The second-order valence-electron chi connectivity index (χ2n) is 5.73. The minimum Gasteiger partial charge on any atom is -0.467 e. The molecule has 6 heteroatoms. The molecule has 0 bridgehead atoms. The number of amides is 1. The van der Waals surface area contributed by atoms with Crippen LogP contribution in [-0.4, -0.2) is 25.0 Å². The van der Waals surface area contributed by atoms with Crippen LogP contribution in [0.1, 0.15) is 27.0 Å².